The van der Waals surface area contributed by atoms with Crippen molar-refractivity contribution in [2.24, 2.45) is 7.05 Å². The molecule has 1 aromatic heterocycles. The zero-order chi connectivity index (χ0) is 22.1. The van der Waals surface area contributed by atoms with Gasteiger partial charge in [-0.05, 0) is 46.0 Å². The van der Waals surface area contributed by atoms with Crippen LogP contribution in [0.25, 0.3) is 33.3 Å². The average Bonchev–Trinajstić information content (AvgIpc) is 3.20. The van der Waals surface area contributed by atoms with Crippen molar-refractivity contribution in [2.45, 2.75) is 12.8 Å². The van der Waals surface area contributed by atoms with Gasteiger partial charge in [-0.15, -0.1) is 5.10 Å². The first-order chi connectivity index (χ1) is 15.6. The molecular weight excluding hydrogens is 404 g/mol. The van der Waals surface area contributed by atoms with Crippen LogP contribution in [0.1, 0.15) is 17.4 Å². The Morgan fingerprint density at radius 1 is 0.906 bits per heavy atom. The van der Waals surface area contributed by atoms with Gasteiger partial charge < -0.3 is 14.9 Å². The molecule has 1 aliphatic rings. The van der Waals surface area contributed by atoms with Crippen molar-refractivity contribution in [1.82, 2.24) is 19.9 Å². The number of rotatable bonds is 5. The van der Waals surface area contributed by atoms with Gasteiger partial charge in [0.1, 0.15) is 5.52 Å². The summed E-state index contributed by atoms with van der Waals surface area (Å²) in [6.07, 6.45) is -1.61. The van der Waals surface area contributed by atoms with Crippen LogP contribution in [0, 0.1) is 0 Å². The maximum Gasteiger partial charge on any atom is 0.180 e. The van der Waals surface area contributed by atoms with Gasteiger partial charge in [-0.25, -0.2) is 4.68 Å². The molecule has 0 aliphatic carbocycles. The molecule has 1 fully saturated rings. The van der Waals surface area contributed by atoms with E-state index in [0.717, 1.165) is 55.1 Å². The number of hydrogen-bond donors (Lipinski definition) is 2. The van der Waals surface area contributed by atoms with E-state index >= 15 is 0 Å². The lowest BCUT2D eigenvalue weighted by molar-refractivity contribution is -0.0414. The molecule has 0 amide bonds. The Kier molecular flexibility index (Phi) is 5.71. The number of aliphatic hydroxyl groups excluding tert-OH is 1. The predicted octanol–water partition coefficient (Wildman–Crippen LogP) is 3.12. The zero-order valence-corrected chi connectivity index (χ0v) is 18.0. The van der Waals surface area contributed by atoms with Crippen molar-refractivity contribution >= 4 is 11.0 Å². The van der Waals surface area contributed by atoms with E-state index in [4.69, 9.17) is 4.74 Å². The summed E-state index contributed by atoms with van der Waals surface area (Å²) in [5.41, 5.74) is 7.10. The second-order valence-electron chi connectivity index (χ2n) is 8.19. The van der Waals surface area contributed by atoms with Crippen molar-refractivity contribution in [3.63, 3.8) is 0 Å². The highest BCUT2D eigenvalue weighted by atomic mass is 16.5. The lowest BCUT2D eigenvalue weighted by atomic mass is 9.97. The minimum absolute atomic E-state index is 0.352. The van der Waals surface area contributed by atoms with Crippen LogP contribution in [0.2, 0.25) is 0 Å². The fourth-order valence-electron chi connectivity index (χ4n) is 4.24. The molecule has 0 spiro atoms. The molecule has 32 heavy (non-hydrogen) atoms. The molecular formula is C25H26N4O3. The molecule has 0 unspecified atom stereocenters. The third-order valence-electron chi connectivity index (χ3n) is 6.01. The summed E-state index contributed by atoms with van der Waals surface area (Å²) >= 11 is 0. The third-order valence-corrected chi connectivity index (χ3v) is 6.01. The highest BCUT2D eigenvalue weighted by Crippen LogP contribution is 2.31. The van der Waals surface area contributed by atoms with Crippen LogP contribution in [0.4, 0.5) is 0 Å². The highest BCUT2D eigenvalue weighted by molar-refractivity contribution is 5.85. The number of ether oxygens (including phenoxy) is 1. The van der Waals surface area contributed by atoms with E-state index in [9.17, 15) is 10.2 Å². The van der Waals surface area contributed by atoms with Gasteiger partial charge in [-0.1, -0.05) is 47.7 Å². The van der Waals surface area contributed by atoms with Crippen molar-refractivity contribution in [1.29, 1.82) is 0 Å². The van der Waals surface area contributed by atoms with Crippen LogP contribution < -0.4 is 0 Å². The lowest BCUT2D eigenvalue weighted by Gasteiger charge is -2.26. The fourth-order valence-corrected chi connectivity index (χ4v) is 4.24. The zero-order valence-electron chi connectivity index (χ0n) is 18.0. The van der Waals surface area contributed by atoms with Crippen LogP contribution in [0.5, 0.6) is 0 Å². The first-order valence-corrected chi connectivity index (χ1v) is 10.8. The standard InChI is InChI=1S/C25H26N4O3/c1-28-23-15-21(14-22(25(30)31)24(23)26-27-28)19-7-5-18(6-8-19)20-4-2-3-17(13-20)16-29-9-11-32-12-10-29/h2-8,13-15,25,30-31H,9-12,16H2,1H3. The second-order valence-corrected chi connectivity index (χ2v) is 8.19. The maximum absolute atomic E-state index is 9.81. The molecule has 3 aromatic carbocycles. The number of morpholine rings is 1. The predicted molar refractivity (Wildman–Crippen MR) is 123 cm³/mol. The summed E-state index contributed by atoms with van der Waals surface area (Å²) in [5, 5.41) is 27.7. The number of hydrogen-bond acceptors (Lipinski definition) is 6. The first kappa shape index (κ1) is 20.8. The molecule has 5 rings (SSSR count). The topological polar surface area (TPSA) is 83.6 Å². The molecule has 0 radical (unpaired) electrons. The molecule has 0 atom stereocenters. The van der Waals surface area contributed by atoms with E-state index < -0.39 is 6.29 Å². The Bertz CT molecular complexity index is 1230. The first-order valence-electron chi connectivity index (χ1n) is 10.8. The Labute approximate surface area is 186 Å². The van der Waals surface area contributed by atoms with Crippen LogP contribution in [0.3, 0.4) is 0 Å². The van der Waals surface area contributed by atoms with E-state index in [1.54, 1.807) is 17.8 Å². The minimum atomic E-state index is -1.61. The summed E-state index contributed by atoms with van der Waals surface area (Å²) < 4.78 is 7.08. The number of benzene rings is 3. The van der Waals surface area contributed by atoms with Crippen molar-refractivity contribution in [3.8, 4) is 22.3 Å². The highest BCUT2D eigenvalue weighted by Gasteiger charge is 2.16. The molecule has 2 N–H and O–H groups in total. The molecule has 4 aromatic rings. The fraction of sp³-hybridized carbons (Fsp3) is 0.280. The molecule has 1 aliphatic heterocycles. The van der Waals surface area contributed by atoms with Crippen molar-refractivity contribution < 1.29 is 14.9 Å². The molecule has 164 valence electrons. The molecule has 7 nitrogen and oxygen atoms in total. The Morgan fingerprint density at radius 3 is 2.34 bits per heavy atom. The third kappa shape index (κ3) is 4.16. The summed E-state index contributed by atoms with van der Waals surface area (Å²) in [6.45, 7) is 4.48. The van der Waals surface area contributed by atoms with Gasteiger partial charge in [0.15, 0.2) is 6.29 Å². The van der Waals surface area contributed by atoms with Crippen LogP contribution in [-0.4, -0.2) is 56.4 Å². The maximum atomic E-state index is 9.81. The number of aryl methyl sites for hydroxylation is 1. The van der Waals surface area contributed by atoms with E-state index in [1.807, 2.05) is 6.07 Å². The number of nitrogens with zero attached hydrogens (tertiary/aromatic N) is 4. The largest absolute Gasteiger partial charge is 0.379 e. The van der Waals surface area contributed by atoms with Crippen molar-refractivity contribution in [2.75, 3.05) is 26.3 Å². The van der Waals surface area contributed by atoms with Gasteiger partial charge in [-0.3, -0.25) is 4.90 Å². The molecule has 0 saturated carbocycles. The van der Waals surface area contributed by atoms with Crippen LogP contribution >= 0.6 is 0 Å². The minimum Gasteiger partial charge on any atom is -0.379 e. The second kappa shape index (κ2) is 8.80. The quantitative estimate of drug-likeness (QED) is 0.474. The SMILES string of the molecule is Cn1nnc2c(C(O)O)cc(-c3ccc(-c4cccc(CN5CCOCC5)c4)cc3)cc21. The summed E-state index contributed by atoms with van der Waals surface area (Å²) in [4.78, 5) is 2.42. The van der Waals surface area contributed by atoms with E-state index in [-0.39, 0.29) is 0 Å². The summed E-state index contributed by atoms with van der Waals surface area (Å²) in [5.74, 6) is 0. The number of aromatic nitrogens is 3. The summed E-state index contributed by atoms with van der Waals surface area (Å²) in [7, 11) is 1.79. The van der Waals surface area contributed by atoms with E-state index in [2.05, 4.69) is 63.7 Å². The monoisotopic (exact) mass is 430 g/mol. The normalized spacial score (nSPS) is 15.0. The van der Waals surface area contributed by atoms with Gasteiger partial charge in [0.05, 0.1) is 18.7 Å². The van der Waals surface area contributed by atoms with E-state index in [0.29, 0.717) is 11.1 Å². The molecule has 7 heteroatoms. The summed E-state index contributed by atoms with van der Waals surface area (Å²) in [6, 6.07) is 20.7. The number of fused-ring (bicyclic) bond motifs is 1. The van der Waals surface area contributed by atoms with Gasteiger partial charge in [0, 0.05) is 32.2 Å². The molecule has 2 heterocycles. The van der Waals surface area contributed by atoms with Crippen LogP contribution in [-0.2, 0) is 18.3 Å². The van der Waals surface area contributed by atoms with E-state index in [1.165, 1.54) is 11.1 Å². The Balaban J connectivity index is 1.42. The van der Waals surface area contributed by atoms with Crippen LogP contribution in [0.15, 0.2) is 60.7 Å². The lowest BCUT2D eigenvalue weighted by Crippen LogP contribution is -2.35. The number of aliphatic hydroxyl groups is 2. The van der Waals surface area contributed by atoms with Gasteiger partial charge in [-0.2, -0.15) is 0 Å². The average molecular weight is 431 g/mol. The van der Waals surface area contributed by atoms with Crippen molar-refractivity contribution in [3.05, 3.63) is 71.8 Å². The van der Waals surface area contributed by atoms with Gasteiger partial charge in [0.25, 0.3) is 0 Å². The smallest absolute Gasteiger partial charge is 0.180 e. The van der Waals surface area contributed by atoms with Gasteiger partial charge >= 0.3 is 0 Å². The molecule has 0 bridgehead atoms. The Morgan fingerprint density at radius 2 is 1.62 bits per heavy atom. The molecule has 1 saturated heterocycles. The van der Waals surface area contributed by atoms with Gasteiger partial charge in [0.2, 0.25) is 0 Å². The Hall–Kier alpha value is -3.10.